The Morgan fingerprint density at radius 1 is 1.23 bits per heavy atom. The first-order valence-corrected chi connectivity index (χ1v) is 7.29. The SMILES string of the molecule is OC1CCCN(Cc2ccc3cc(C(F)(F)F)ccc3n2)C1. The zero-order chi connectivity index (χ0) is 15.7. The molecule has 1 aromatic carbocycles. The van der Waals surface area contributed by atoms with Crippen LogP contribution in [0.4, 0.5) is 13.2 Å². The second-order valence-corrected chi connectivity index (χ2v) is 5.74. The van der Waals surface area contributed by atoms with Crippen LogP contribution in [-0.2, 0) is 12.7 Å². The van der Waals surface area contributed by atoms with Crippen LogP contribution in [0.2, 0.25) is 0 Å². The van der Waals surface area contributed by atoms with E-state index in [1.54, 1.807) is 12.1 Å². The molecule has 0 amide bonds. The van der Waals surface area contributed by atoms with E-state index >= 15 is 0 Å². The Labute approximate surface area is 126 Å². The van der Waals surface area contributed by atoms with Gasteiger partial charge in [0.25, 0.3) is 0 Å². The largest absolute Gasteiger partial charge is 0.416 e. The third-order valence-electron chi connectivity index (χ3n) is 3.94. The molecule has 1 saturated heterocycles. The Morgan fingerprint density at radius 3 is 2.77 bits per heavy atom. The highest BCUT2D eigenvalue weighted by Gasteiger charge is 2.30. The number of pyridine rings is 1. The molecule has 0 saturated carbocycles. The van der Waals surface area contributed by atoms with E-state index in [4.69, 9.17) is 0 Å². The predicted octanol–water partition coefficient (Wildman–Crippen LogP) is 3.21. The van der Waals surface area contributed by atoms with Crippen LogP contribution in [0.15, 0.2) is 30.3 Å². The summed E-state index contributed by atoms with van der Waals surface area (Å²) in [6.07, 6.45) is -2.87. The molecule has 3 nitrogen and oxygen atoms in total. The lowest BCUT2D eigenvalue weighted by Gasteiger charge is -2.29. The number of aromatic nitrogens is 1. The lowest BCUT2D eigenvalue weighted by atomic mass is 10.1. The van der Waals surface area contributed by atoms with Gasteiger partial charge in [0.05, 0.1) is 22.9 Å². The fourth-order valence-electron chi connectivity index (χ4n) is 2.84. The van der Waals surface area contributed by atoms with Crippen LogP contribution in [0.5, 0.6) is 0 Å². The lowest BCUT2D eigenvalue weighted by Crippen LogP contribution is -2.37. The number of halogens is 3. The number of rotatable bonds is 2. The summed E-state index contributed by atoms with van der Waals surface area (Å²) in [4.78, 5) is 6.54. The highest BCUT2D eigenvalue weighted by Crippen LogP contribution is 2.31. The summed E-state index contributed by atoms with van der Waals surface area (Å²) in [5, 5.41) is 10.2. The summed E-state index contributed by atoms with van der Waals surface area (Å²) >= 11 is 0. The van der Waals surface area contributed by atoms with Crippen molar-refractivity contribution in [3.8, 4) is 0 Å². The third-order valence-corrected chi connectivity index (χ3v) is 3.94. The van der Waals surface area contributed by atoms with Crippen LogP contribution in [-0.4, -0.2) is 34.2 Å². The van der Waals surface area contributed by atoms with Crippen LogP contribution in [0.1, 0.15) is 24.1 Å². The van der Waals surface area contributed by atoms with E-state index in [0.717, 1.165) is 37.2 Å². The van der Waals surface area contributed by atoms with Crippen molar-refractivity contribution in [3.05, 3.63) is 41.6 Å². The Hall–Kier alpha value is -1.66. The number of alkyl halides is 3. The van der Waals surface area contributed by atoms with Gasteiger partial charge in [0, 0.05) is 18.5 Å². The summed E-state index contributed by atoms with van der Waals surface area (Å²) in [7, 11) is 0. The minimum absolute atomic E-state index is 0.302. The predicted molar refractivity (Wildman–Crippen MR) is 77.3 cm³/mol. The average molecular weight is 310 g/mol. The minimum Gasteiger partial charge on any atom is -0.392 e. The molecule has 2 aromatic rings. The van der Waals surface area contributed by atoms with E-state index in [1.807, 2.05) is 0 Å². The second-order valence-electron chi connectivity index (χ2n) is 5.74. The molecule has 0 spiro atoms. The van der Waals surface area contributed by atoms with Crippen molar-refractivity contribution in [1.82, 2.24) is 9.88 Å². The number of aliphatic hydroxyl groups excluding tert-OH is 1. The molecule has 1 unspecified atom stereocenters. The first-order valence-electron chi connectivity index (χ1n) is 7.29. The van der Waals surface area contributed by atoms with Crippen molar-refractivity contribution in [2.24, 2.45) is 0 Å². The zero-order valence-electron chi connectivity index (χ0n) is 12.0. The van der Waals surface area contributed by atoms with Crippen molar-refractivity contribution in [2.45, 2.75) is 31.7 Å². The van der Waals surface area contributed by atoms with E-state index < -0.39 is 11.7 Å². The van der Waals surface area contributed by atoms with Crippen molar-refractivity contribution < 1.29 is 18.3 Å². The van der Waals surface area contributed by atoms with Gasteiger partial charge < -0.3 is 5.11 Å². The number of nitrogens with zero attached hydrogens (tertiary/aromatic N) is 2. The van der Waals surface area contributed by atoms with E-state index in [0.29, 0.717) is 24.0 Å². The molecule has 1 N–H and O–H groups in total. The third kappa shape index (κ3) is 3.39. The smallest absolute Gasteiger partial charge is 0.392 e. The van der Waals surface area contributed by atoms with Gasteiger partial charge >= 0.3 is 6.18 Å². The van der Waals surface area contributed by atoms with Gasteiger partial charge in [-0.3, -0.25) is 9.88 Å². The van der Waals surface area contributed by atoms with Gasteiger partial charge in [-0.05, 0) is 43.7 Å². The molecule has 0 radical (unpaired) electrons. The van der Waals surface area contributed by atoms with E-state index in [1.165, 1.54) is 6.07 Å². The van der Waals surface area contributed by atoms with E-state index in [-0.39, 0.29) is 6.10 Å². The Kier molecular flexibility index (Phi) is 4.06. The zero-order valence-corrected chi connectivity index (χ0v) is 12.0. The van der Waals surface area contributed by atoms with Gasteiger partial charge in [-0.15, -0.1) is 0 Å². The fraction of sp³-hybridized carbons (Fsp3) is 0.438. The molecular weight excluding hydrogens is 293 g/mol. The Morgan fingerprint density at radius 2 is 2.05 bits per heavy atom. The number of fused-ring (bicyclic) bond motifs is 1. The van der Waals surface area contributed by atoms with Gasteiger partial charge in [0.1, 0.15) is 0 Å². The molecule has 1 aliphatic rings. The maximum Gasteiger partial charge on any atom is 0.416 e. The van der Waals surface area contributed by atoms with Crippen molar-refractivity contribution >= 4 is 10.9 Å². The summed E-state index contributed by atoms with van der Waals surface area (Å²) in [6.45, 7) is 2.13. The Balaban J connectivity index is 1.81. The molecule has 0 aliphatic carbocycles. The first-order chi connectivity index (χ1) is 10.4. The summed E-state index contributed by atoms with van der Waals surface area (Å²) in [6, 6.07) is 7.02. The summed E-state index contributed by atoms with van der Waals surface area (Å²) in [5.74, 6) is 0. The molecule has 1 aliphatic heterocycles. The Bertz CT molecular complexity index is 672. The molecule has 3 rings (SSSR count). The van der Waals surface area contributed by atoms with Crippen molar-refractivity contribution in [2.75, 3.05) is 13.1 Å². The number of piperidine rings is 1. The second kappa shape index (κ2) is 5.85. The number of aliphatic hydroxyl groups is 1. The molecule has 1 atom stereocenters. The molecule has 6 heteroatoms. The van der Waals surface area contributed by atoms with Crippen LogP contribution in [0.3, 0.4) is 0 Å². The van der Waals surface area contributed by atoms with Gasteiger partial charge in [0.15, 0.2) is 0 Å². The number of hydrogen-bond donors (Lipinski definition) is 1. The van der Waals surface area contributed by atoms with Crippen LogP contribution in [0, 0.1) is 0 Å². The molecular formula is C16H17F3N2O. The standard InChI is InChI=1S/C16H17F3N2O/c17-16(18,19)12-4-6-15-11(8-12)3-5-13(20-15)9-21-7-1-2-14(22)10-21/h3-6,8,14,22H,1-2,7,9-10H2. The van der Waals surface area contributed by atoms with Crippen LogP contribution < -0.4 is 0 Å². The monoisotopic (exact) mass is 310 g/mol. The lowest BCUT2D eigenvalue weighted by molar-refractivity contribution is -0.137. The van der Waals surface area contributed by atoms with Crippen LogP contribution >= 0.6 is 0 Å². The molecule has 1 aromatic heterocycles. The summed E-state index contributed by atoms with van der Waals surface area (Å²) < 4.78 is 38.1. The number of β-amino-alcohol motifs (C(OH)–C–C–N with tert-alkyl or cyclic N) is 1. The molecule has 0 bridgehead atoms. The molecule has 1 fully saturated rings. The van der Waals surface area contributed by atoms with Crippen LogP contribution in [0.25, 0.3) is 10.9 Å². The van der Waals surface area contributed by atoms with E-state index in [9.17, 15) is 18.3 Å². The number of likely N-dealkylation sites (tertiary alicyclic amines) is 1. The first kappa shape index (κ1) is 15.2. The average Bonchev–Trinajstić information content (AvgIpc) is 2.45. The van der Waals surface area contributed by atoms with Crippen molar-refractivity contribution in [3.63, 3.8) is 0 Å². The van der Waals surface area contributed by atoms with Crippen molar-refractivity contribution in [1.29, 1.82) is 0 Å². The molecule has 118 valence electrons. The molecule has 2 heterocycles. The molecule has 22 heavy (non-hydrogen) atoms. The summed E-state index contributed by atoms with van der Waals surface area (Å²) in [5.41, 5.74) is 0.707. The minimum atomic E-state index is -4.34. The number of benzene rings is 1. The number of hydrogen-bond acceptors (Lipinski definition) is 3. The quantitative estimate of drug-likeness (QED) is 0.925. The topological polar surface area (TPSA) is 36.4 Å². The maximum absolute atomic E-state index is 12.7. The fourth-order valence-corrected chi connectivity index (χ4v) is 2.84. The highest BCUT2D eigenvalue weighted by atomic mass is 19.4. The van der Waals surface area contributed by atoms with Gasteiger partial charge in [0.2, 0.25) is 0 Å². The normalized spacial score (nSPS) is 20.5. The van der Waals surface area contributed by atoms with Gasteiger partial charge in [-0.25, -0.2) is 0 Å². The van der Waals surface area contributed by atoms with Gasteiger partial charge in [-0.1, -0.05) is 6.07 Å². The highest BCUT2D eigenvalue weighted by molar-refractivity contribution is 5.79. The maximum atomic E-state index is 12.7. The van der Waals surface area contributed by atoms with Gasteiger partial charge in [-0.2, -0.15) is 13.2 Å². The van der Waals surface area contributed by atoms with E-state index in [2.05, 4.69) is 9.88 Å².